The van der Waals surface area contributed by atoms with E-state index in [4.69, 9.17) is 16.6 Å². The molecule has 0 saturated carbocycles. The first-order valence-electron chi connectivity index (χ1n) is 8.44. The van der Waals surface area contributed by atoms with E-state index in [1.54, 1.807) is 11.3 Å². The molecule has 2 aromatic carbocycles. The number of fused-ring (bicyclic) bond motifs is 1. The molecule has 5 aromatic rings. The summed E-state index contributed by atoms with van der Waals surface area (Å²) in [5.41, 5.74) is 4.80. The fraction of sp³-hybridized carbons (Fsp3) is 0.0500. The third kappa shape index (κ3) is 3.03. The number of benzene rings is 2. The summed E-state index contributed by atoms with van der Waals surface area (Å²) in [7, 11) is 0. The normalized spacial score (nSPS) is 11.3. The second-order valence-corrected chi connectivity index (χ2v) is 7.47. The highest BCUT2D eigenvalue weighted by molar-refractivity contribution is 7.15. The molecule has 0 aliphatic carbocycles. The summed E-state index contributed by atoms with van der Waals surface area (Å²) in [5.74, 6) is 0. The highest BCUT2D eigenvalue weighted by Crippen LogP contribution is 2.33. The van der Waals surface area contributed by atoms with E-state index >= 15 is 0 Å². The van der Waals surface area contributed by atoms with Gasteiger partial charge in [0.25, 0.3) is 0 Å². The molecule has 0 spiro atoms. The number of hydrogen-bond donors (Lipinski definition) is 0. The zero-order valence-electron chi connectivity index (χ0n) is 14.2. The predicted octanol–water partition coefficient (Wildman–Crippen LogP) is 5.02. The minimum absolute atomic E-state index is 0.676. The van der Waals surface area contributed by atoms with E-state index in [9.17, 15) is 0 Å². The third-order valence-corrected chi connectivity index (χ3v) is 5.36. The van der Waals surface area contributed by atoms with Crippen LogP contribution in [0.1, 0.15) is 5.56 Å². The number of nitrogens with zero attached hydrogens (tertiary/aromatic N) is 5. The molecule has 132 valence electrons. The highest BCUT2D eigenvalue weighted by atomic mass is 35.5. The molecule has 5 rings (SSSR count). The molecule has 5 nitrogen and oxygen atoms in total. The summed E-state index contributed by atoms with van der Waals surface area (Å²) < 4.78 is 3.91. The van der Waals surface area contributed by atoms with Crippen LogP contribution in [0.3, 0.4) is 0 Å². The number of halogens is 1. The van der Waals surface area contributed by atoms with Crippen molar-refractivity contribution in [3.8, 4) is 22.6 Å². The van der Waals surface area contributed by atoms with Gasteiger partial charge in [0, 0.05) is 22.2 Å². The molecule has 0 bridgehead atoms. The molecular formula is C20H14ClN5S. The van der Waals surface area contributed by atoms with E-state index in [-0.39, 0.29) is 0 Å². The van der Waals surface area contributed by atoms with Gasteiger partial charge in [0.15, 0.2) is 4.96 Å². The van der Waals surface area contributed by atoms with Crippen LogP contribution in [0.25, 0.3) is 27.6 Å². The summed E-state index contributed by atoms with van der Waals surface area (Å²) in [6.07, 6.45) is 3.98. The van der Waals surface area contributed by atoms with Gasteiger partial charge in [-0.25, -0.2) is 9.67 Å². The molecule has 3 aromatic heterocycles. The molecule has 0 aliphatic heterocycles. The number of rotatable bonds is 4. The van der Waals surface area contributed by atoms with Crippen LogP contribution in [0.2, 0.25) is 5.02 Å². The summed E-state index contributed by atoms with van der Waals surface area (Å²) in [5, 5.41) is 11.5. The van der Waals surface area contributed by atoms with Crippen molar-refractivity contribution in [1.29, 1.82) is 0 Å². The fourth-order valence-electron chi connectivity index (χ4n) is 3.09. The maximum Gasteiger partial charge on any atom is 0.194 e. The largest absolute Gasteiger partial charge is 0.288 e. The zero-order chi connectivity index (χ0) is 18.2. The first-order valence-corrected chi connectivity index (χ1v) is 9.69. The lowest BCUT2D eigenvalue weighted by Crippen LogP contribution is -1.99. The van der Waals surface area contributed by atoms with Crippen molar-refractivity contribution in [2.75, 3.05) is 0 Å². The molecule has 0 saturated heterocycles. The molecule has 0 amide bonds. The van der Waals surface area contributed by atoms with Gasteiger partial charge in [-0.05, 0) is 17.7 Å². The monoisotopic (exact) mass is 391 g/mol. The van der Waals surface area contributed by atoms with Gasteiger partial charge in [0.05, 0.1) is 18.4 Å². The van der Waals surface area contributed by atoms with Gasteiger partial charge in [-0.2, -0.15) is 0 Å². The molecule has 0 N–H and O–H groups in total. The number of imidazole rings is 1. The van der Waals surface area contributed by atoms with Crippen molar-refractivity contribution < 1.29 is 0 Å². The van der Waals surface area contributed by atoms with E-state index in [0.717, 1.165) is 27.6 Å². The quantitative estimate of drug-likeness (QED) is 0.432. The average molecular weight is 392 g/mol. The Morgan fingerprint density at radius 3 is 2.63 bits per heavy atom. The Morgan fingerprint density at radius 2 is 1.81 bits per heavy atom. The summed E-state index contributed by atoms with van der Waals surface area (Å²) in [4.78, 5) is 5.73. The molecular weight excluding hydrogens is 378 g/mol. The van der Waals surface area contributed by atoms with Gasteiger partial charge in [-0.15, -0.1) is 16.4 Å². The number of aromatic nitrogens is 5. The van der Waals surface area contributed by atoms with Gasteiger partial charge in [-0.3, -0.25) is 4.40 Å². The fourth-order valence-corrected chi connectivity index (χ4v) is 3.93. The number of hydrogen-bond acceptors (Lipinski definition) is 4. The lowest BCUT2D eigenvalue weighted by molar-refractivity contribution is 0.650. The van der Waals surface area contributed by atoms with Crippen LogP contribution in [0, 0.1) is 0 Å². The van der Waals surface area contributed by atoms with Crippen molar-refractivity contribution in [2.45, 2.75) is 6.54 Å². The standard InChI is InChI=1S/C20H14ClN5S/c21-16-8-6-15(7-9-16)18-19(26-10-11-27-20(26)22-18)17-13-25(24-23-17)12-14-4-2-1-3-5-14/h1-11,13H,12H2. The smallest absolute Gasteiger partial charge is 0.194 e. The summed E-state index contributed by atoms with van der Waals surface area (Å²) in [6.45, 7) is 0.676. The van der Waals surface area contributed by atoms with Crippen LogP contribution in [0.5, 0.6) is 0 Å². The van der Waals surface area contributed by atoms with Gasteiger partial charge < -0.3 is 0 Å². The highest BCUT2D eigenvalue weighted by Gasteiger charge is 2.19. The van der Waals surface area contributed by atoms with E-state index in [2.05, 4.69) is 26.8 Å². The molecule has 0 aliphatic rings. The summed E-state index contributed by atoms with van der Waals surface area (Å²) >= 11 is 7.64. The Kier molecular flexibility index (Phi) is 3.99. The van der Waals surface area contributed by atoms with Crippen LogP contribution in [-0.2, 0) is 6.54 Å². The Hall–Kier alpha value is -2.96. The Balaban J connectivity index is 1.59. The Labute approximate surface area is 164 Å². The van der Waals surface area contributed by atoms with Crippen LogP contribution in [0.15, 0.2) is 72.4 Å². The van der Waals surface area contributed by atoms with Gasteiger partial charge in [0.2, 0.25) is 0 Å². The molecule has 0 fully saturated rings. The summed E-state index contributed by atoms with van der Waals surface area (Å²) in [6, 6.07) is 17.9. The van der Waals surface area contributed by atoms with Crippen molar-refractivity contribution >= 4 is 27.9 Å². The second-order valence-electron chi connectivity index (χ2n) is 6.16. The minimum atomic E-state index is 0.676. The van der Waals surface area contributed by atoms with Crippen molar-refractivity contribution in [3.63, 3.8) is 0 Å². The lowest BCUT2D eigenvalue weighted by Gasteiger charge is -2.02. The first kappa shape index (κ1) is 16.2. The Bertz CT molecular complexity index is 1200. The van der Waals surface area contributed by atoms with Crippen LogP contribution in [-0.4, -0.2) is 24.4 Å². The lowest BCUT2D eigenvalue weighted by atomic mass is 10.1. The van der Waals surface area contributed by atoms with Crippen molar-refractivity contribution in [1.82, 2.24) is 24.4 Å². The van der Waals surface area contributed by atoms with Crippen molar-refractivity contribution in [3.05, 3.63) is 83.0 Å². The molecule has 0 unspecified atom stereocenters. The van der Waals surface area contributed by atoms with Crippen LogP contribution >= 0.6 is 22.9 Å². The maximum atomic E-state index is 6.04. The third-order valence-electron chi connectivity index (χ3n) is 4.35. The van der Waals surface area contributed by atoms with Crippen LogP contribution in [0.4, 0.5) is 0 Å². The first-order chi connectivity index (χ1) is 13.3. The zero-order valence-corrected chi connectivity index (χ0v) is 15.7. The van der Waals surface area contributed by atoms with Crippen molar-refractivity contribution in [2.24, 2.45) is 0 Å². The molecule has 0 atom stereocenters. The second kappa shape index (κ2) is 6.64. The average Bonchev–Trinajstić information content (AvgIpc) is 3.39. The van der Waals surface area contributed by atoms with E-state index in [0.29, 0.717) is 11.6 Å². The minimum Gasteiger partial charge on any atom is -0.288 e. The molecule has 27 heavy (non-hydrogen) atoms. The van der Waals surface area contributed by atoms with Gasteiger partial charge >= 0.3 is 0 Å². The van der Waals surface area contributed by atoms with E-state index < -0.39 is 0 Å². The van der Waals surface area contributed by atoms with Crippen LogP contribution < -0.4 is 0 Å². The number of thiazole rings is 1. The molecule has 3 heterocycles. The Morgan fingerprint density at radius 1 is 1.00 bits per heavy atom. The topological polar surface area (TPSA) is 48.0 Å². The SMILES string of the molecule is Clc1ccc(-c2nc3sccn3c2-c2cn(Cc3ccccc3)nn2)cc1. The maximum absolute atomic E-state index is 6.04. The van der Waals surface area contributed by atoms with Gasteiger partial charge in [-0.1, -0.05) is 59.3 Å². The van der Waals surface area contributed by atoms with E-state index in [1.807, 2.05) is 64.9 Å². The van der Waals surface area contributed by atoms with Gasteiger partial charge in [0.1, 0.15) is 11.4 Å². The molecule has 0 radical (unpaired) electrons. The molecule has 7 heteroatoms. The predicted molar refractivity (Wildman–Crippen MR) is 108 cm³/mol. The van der Waals surface area contributed by atoms with E-state index in [1.165, 1.54) is 5.56 Å².